The lowest BCUT2D eigenvalue weighted by molar-refractivity contribution is 0.442. The van der Waals surface area contributed by atoms with Crippen molar-refractivity contribution in [3.63, 3.8) is 0 Å². The van der Waals surface area contributed by atoms with Gasteiger partial charge in [-0.1, -0.05) is 82.9 Å². The van der Waals surface area contributed by atoms with Crippen LogP contribution in [0.3, 0.4) is 0 Å². The zero-order valence-electron chi connectivity index (χ0n) is 20.7. The number of benzene rings is 2. The van der Waals surface area contributed by atoms with Crippen LogP contribution in [0.25, 0.3) is 0 Å². The number of phenols is 2. The maximum absolute atomic E-state index is 10.3. The number of allylic oxidation sites excluding steroid dienone is 1. The minimum absolute atomic E-state index is 0.118. The summed E-state index contributed by atoms with van der Waals surface area (Å²) in [4.78, 5) is 0. The topological polar surface area (TPSA) is 65.2 Å². The molecule has 0 saturated heterocycles. The second-order valence-corrected chi connectivity index (χ2v) is 10.4. The number of azo groups is 1. The summed E-state index contributed by atoms with van der Waals surface area (Å²) in [6.45, 7) is 16.4. The van der Waals surface area contributed by atoms with E-state index in [4.69, 9.17) is 0 Å². The SMILES string of the molecule is Cc1cc(CC#CN=NC=CCc2cc(C)c(O)c(C(C)(C)C)c2)cc(C(C)(C)C)c1O. The fourth-order valence-corrected chi connectivity index (χ4v) is 3.55. The molecule has 0 bridgehead atoms. The fraction of sp³-hybridized carbons (Fsp3) is 0.429. The monoisotopic (exact) mass is 432 g/mol. The Morgan fingerprint density at radius 1 is 0.812 bits per heavy atom. The molecule has 0 radical (unpaired) electrons. The molecule has 2 aromatic carbocycles. The molecule has 4 nitrogen and oxygen atoms in total. The quantitative estimate of drug-likeness (QED) is 0.403. The second-order valence-electron chi connectivity index (χ2n) is 10.4. The van der Waals surface area contributed by atoms with Crippen LogP contribution in [-0.2, 0) is 23.7 Å². The van der Waals surface area contributed by atoms with Crippen molar-refractivity contribution in [2.75, 3.05) is 0 Å². The highest BCUT2D eigenvalue weighted by atomic mass is 16.3. The number of rotatable bonds is 4. The summed E-state index contributed by atoms with van der Waals surface area (Å²) in [5.41, 5.74) is 5.55. The van der Waals surface area contributed by atoms with E-state index in [9.17, 15) is 10.2 Å². The number of aryl methyl sites for hydroxylation is 2. The molecule has 0 aliphatic carbocycles. The van der Waals surface area contributed by atoms with Crippen molar-refractivity contribution in [1.29, 1.82) is 0 Å². The van der Waals surface area contributed by atoms with Crippen molar-refractivity contribution in [2.24, 2.45) is 10.2 Å². The molecule has 0 aromatic heterocycles. The van der Waals surface area contributed by atoms with Crippen molar-refractivity contribution in [3.05, 3.63) is 69.9 Å². The third-order valence-corrected chi connectivity index (χ3v) is 5.34. The van der Waals surface area contributed by atoms with Gasteiger partial charge in [-0.25, -0.2) is 0 Å². The first-order chi connectivity index (χ1) is 14.8. The minimum atomic E-state index is -0.132. The van der Waals surface area contributed by atoms with Gasteiger partial charge in [0.25, 0.3) is 0 Å². The Balaban J connectivity index is 2.00. The summed E-state index contributed by atoms with van der Waals surface area (Å²) in [5, 5.41) is 28.6. The van der Waals surface area contributed by atoms with E-state index >= 15 is 0 Å². The molecule has 0 saturated carbocycles. The highest BCUT2D eigenvalue weighted by Gasteiger charge is 2.20. The Hall–Kier alpha value is -3.06. The normalized spacial score (nSPS) is 12.4. The molecule has 2 N–H and O–H groups in total. The zero-order valence-corrected chi connectivity index (χ0v) is 20.7. The van der Waals surface area contributed by atoms with Gasteiger partial charge in [-0.2, -0.15) is 5.11 Å². The van der Waals surface area contributed by atoms with Crippen LogP contribution >= 0.6 is 0 Å². The second kappa shape index (κ2) is 10.0. The maximum Gasteiger partial charge on any atom is 0.122 e. The summed E-state index contributed by atoms with van der Waals surface area (Å²) in [6, 6.07) is 10.8. The van der Waals surface area contributed by atoms with E-state index in [-0.39, 0.29) is 10.8 Å². The first-order valence-electron chi connectivity index (χ1n) is 11.0. The Labute approximate surface area is 193 Å². The van der Waals surface area contributed by atoms with Crippen molar-refractivity contribution >= 4 is 0 Å². The van der Waals surface area contributed by atoms with Gasteiger partial charge in [0, 0.05) is 12.6 Å². The zero-order chi connectivity index (χ0) is 24.1. The third-order valence-electron chi connectivity index (χ3n) is 5.34. The average molecular weight is 433 g/mol. The molecule has 2 rings (SSSR count). The van der Waals surface area contributed by atoms with Gasteiger partial charge in [0.2, 0.25) is 0 Å². The van der Waals surface area contributed by atoms with Crippen LogP contribution < -0.4 is 0 Å². The van der Waals surface area contributed by atoms with Crippen LogP contribution in [0.15, 0.2) is 46.8 Å². The van der Waals surface area contributed by atoms with E-state index in [2.05, 4.69) is 69.8 Å². The maximum atomic E-state index is 10.3. The molecule has 4 heteroatoms. The lowest BCUT2D eigenvalue weighted by Gasteiger charge is -2.22. The van der Waals surface area contributed by atoms with Gasteiger partial charge in [0.1, 0.15) is 11.5 Å². The summed E-state index contributed by atoms with van der Waals surface area (Å²) >= 11 is 0. The lowest BCUT2D eigenvalue weighted by atomic mass is 9.84. The standard InChI is InChI=1S/C28H36N2O2/c1-19-15-21(17-23(25(19)31)27(3,4)5)11-9-13-29-30-14-10-12-22-16-20(2)26(32)24(18-22)28(6,7)8/h9,13,15-18,31-32H,11-12H2,1-8H3. The van der Waals surface area contributed by atoms with Crippen LogP contribution in [0.2, 0.25) is 0 Å². The highest BCUT2D eigenvalue weighted by Crippen LogP contribution is 2.35. The molecule has 32 heavy (non-hydrogen) atoms. The fourth-order valence-electron chi connectivity index (χ4n) is 3.55. The number of hydrogen-bond donors (Lipinski definition) is 2. The smallest absolute Gasteiger partial charge is 0.122 e. The molecule has 170 valence electrons. The van der Waals surface area contributed by atoms with Gasteiger partial charge in [-0.05, 0) is 64.5 Å². The Kier molecular flexibility index (Phi) is 7.91. The molecule has 2 aromatic rings. The predicted molar refractivity (Wildman–Crippen MR) is 132 cm³/mol. The third kappa shape index (κ3) is 6.72. The Bertz CT molecular complexity index is 1090. The predicted octanol–water partition coefficient (Wildman–Crippen LogP) is 7.02. The molecule has 0 aliphatic rings. The van der Waals surface area contributed by atoms with E-state index < -0.39 is 0 Å². The average Bonchev–Trinajstić information content (AvgIpc) is 2.67. The Morgan fingerprint density at radius 3 is 1.84 bits per heavy atom. The number of phenolic OH excluding ortho intramolecular Hbond substituents is 2. The molecule has 0 amide bonds. The van der Waals surface area contributed by atoms with E-state index in [0.29, 0.717) is 24.3 Å². The molecular weight excluding hydrogens is 396 g/mol. The first-order valence-corrected chi connectivity index (χ1v) is 11.0. The molecule has 0 spiro atoms. The van der Waals surface area contributed by atoms with E-state index in [1.165, 1.54) is 0 Å². The van der Waals surface area contributed by atoms with Crippen molar-refractivity contribution < 1.29 is 10.2 Å². The van der Waals surface area contributed by atoms with Crippen molar-refractivity contribution in [2.45, 2.75) is 79.1 Å². The van der Waals surface area contributed by atoms with Gasteiger partial charge >= 0.3 is 0 Å². The largest absolute Gasteiger partial charge is 0.507 e. The highest BCUT2D eigenvalue weighted by molar-refractivity contribution is 5.48. The van der Waals surface area contributed by atoms with Crippen LogP contribution in [0.4, 0.5) is 0 Å². The van der Waals surface area contributed by atoms with Crippen LogP contribution in [-0.4, -0.2) is 10.2 Å². The lowest BCUT2D eigenvalue weighted by Crippen LogP contribution is -2.12. The van der Waals surface area contributed by atoms with Gasteiger partial charge in [0.05, 0.1) is 6.04 Å². The number of hydrogen-bond acceptors (Lipinski definition) is 4. The van der Waals surface area contributed by atoms with Gasteiger partial charge in [-0.3, -0.25) is 0 Å². The van der Waals surface area contributed by atoms with E-state index in [1.807, 2.05) is 38.1 Å². The summed E-state index contributed by atoms with van der Waals surface area (Å²) < 4.78 is 0. The van der Waals surface area contributed by atoms with Crippen molar-refractivity contribution in [3.8, 4) is 23.5 Å². The van der Waals surface area contributed by atoms with Crippen molar-refractivity contribution in [1.82, 2.24) is 0 Å². The number of nitrogens with zero attached hydrogens (tertiary/aromatic N) is 2. The molecule has 0 fully saturated rings. The molecule has 0 aliphatic heterocycles. The summed E-state index contributed by atoms with van der Waals surface area (Å²) in [7, 11) is 0. The minimum Gasteiger partial charge on any atom is -0.507 e. The first kappa shape index (κ1) is 25.2. The summed E-state index contributed by atoms with van der Waals surface area (Å²) in [6.07, 6.45) is 4.84. The summed E-state index contributed by atoms with van der Waals surface area (Å²) in [5.74, 6) is 3.75. The molecular formula is C28H36N2O2. The van der Waals surface area contributed by atoms with Gasteiger partial charge in [0.15, 0.2) is 0 Å². The van der Waals surface area contributed by atoms with Crippen LogP contribution in [0, 0.1) is 25.8 Å². The molecule has 0 unspecified atom stereocenters. The van der Waals surface area contributed by atoms with Gasteiger partial charge in [-0.15, -0.1) is 0 Å². The Morgan fingerprint density at radius 2 is 1.31 bits per heavy atom. The molecule has 0 heterocycles. The van der Waals surface area contributed by atoms with Gasteiger partial charge < -0.3 is 10.2 Å². The number of aromatic hydroxyl groups is 2. The van der Waals surface area contributed by atoms with E-state index in [0.717, 1.165) is 33.4 Å². The van der Waals surface area contributed by atoms with Crippen LogP contribution in [0.5, 0.6) is 11.5 Å². The molecule has 0 atom stereocenters. The van der Waals surface area contributed by atoms with Crippen LogP contribution in [0.1, 0.15) is 74.9 Å². The van der Waals surface area contributed by atoms with E-state index in [1.54, 1.807) is 6.20 Å².